The van der Waals surface area contributed by atoms with Crippen LogP contribution in [0.4, 0.5) is 0 Å². The molecule has 2 amide bonds. The number of hydrogen-bond acceptors (Lipinski definition) is 7. The van der Waals surface area contributed by atoms with Crippen molar-refractivity contribution in [1.29, 1.82) is 0 Å². The number of aryl methyl sites for hydroxylation is 1. The van der Waals surface area contributed by atoms with Crippen molar-refractivity contribution in [3.05, 3.63) is 119 Å². The SMILES string of the molecule is Cc1cc(O)cc(O)c1C(=O)N(N)C(=O)Cc1cc(OCc2ccccc2)cc(OCc2ccccc2)c1. The summed E-state index contributed by atoms with van der Waals surface area (Å²) in [5.41, 5.74) is 2.60. The van der Waals surface area contributed by atoms with Gasteiger partial charge in [-0.2, -0.15) is 0 Å². The van der Waals surface area contributed by atoms with Gasteiger partial charge in [0.05, 0.1) is 12.0 Å². The highest BCUT2D eigenvalue weighted by atomic mass is 16.5. The van der Waals surface area contributed by atoms with E-state index in [4.69, 9.17) is 15.3 Å². The number of rotatable bonds is 9. The van der Waals surface area contributed by atoms with Crippen molar-refractivity contribution >= 4 is 11.8 Å². The number of carbonyl (C=O) groups excluding carboxylic acids is 2. The van der Waals surface area contributed by atoms with E-state index in [2.05, 4.69) is 0 Å². The second-order valence-electron chi connectivity index (χ2n) is 8.76. The number of hydrogen-bond donors (Lipinski definition) is 3. The van der Waals surface area contributed by atoms with Gasteiger partial charge in [0.1, 0.15) is 36.2 Å². The molecule has 38 heavy (non-hydrogen) atoms. The molecular formula is C30H28N2O6. The van der Waals surface area contributed by atoms with E-state index in [-0.39, 0.29) is 23.3 Å². The smallest absolute Gasteiger partial charge is 0.278 e. The molecule has 8 heteroatoms. The molecule has 0 aliphatic carbocycles. The average molecular weight is 513 g/mol. The monoisotopic (exact) mass is 512 g/mol. The third-order valence-electron chi connectivity index (χ3n) is 5.79. The van der Waals surface area contributed by atoms with Crippen molar-refractivity contribution in [2.45, 2.75) is 26.6 Å². The van der Waals surface area contributed by atoms with Crippen molar-refractivity contribution in [3.63, 3.8) is 0 Å². The van der Waals surface area contributed by atoms with Crippen LogP contribution in [0, 0.1) is 6.92 Å². The minimum atomic E-state index is -0.887. The summed E-state index contributed by atoms with van der Waals surface area (Å²) in [5, 5.41) is 20.2. The first-order valence-electron chi connectivity index (χ1n) is 11.9. The lowest BCUT2D eigenvalue weighted by Crippen LogP contribution is -2.43. The van der Waals surface area contributed by atoms with Gasteiger partial charge in [-0.3, -0.25) is 9.59 Å². The zero-order chi connectivity index (χ0) is 27.1. The first-order chi connectivity index (χ1) is 18.3. The number of phenolic OH excluding ortho intramolecular Hbond substituents is 2. The molecule has 4 aromatic carbocycles. The molecule has 0 unspecified atom stereocenters. The van der Waals surface area contributed by atoms with Gasteiger partial charge in [-0.05, 0) is 47.4 Å². The van der Waals surface area contributed by atoms with Crippen molar-refractivity contribution < 1.29 is 29.3 Å². The molecule has 0 saturated heterocycles. The van der Waals surface area contributed by atoms with Gasteiger partial charge in [-0.25, -0.2) is 10.9 Å². The van der Waals surface area contributed by atoms with Gasteiger partial charge in [0, 0.05) is 12.1 Å². The molecule has 8 nitrogen and oxygen atoms in total. The third kappa shape index (κ3) is 6.68. The van der Waals surface area contributed by atoms with Crippen LogP contribution < -0.4 is 15.3 Å². The first kappa shape index (κ1) is 26.2. The highest BCUT2D eigenvalue weighted by molar-refractivity contribution is 6.07. The van der Waals surface area contributed by atoms with Crippen LogP contribution in [0.25, 0.3) is 0 Å². The summed E-state index contributed by atoms with van der Waals surface area (Å²) < 4.78 is 11.9. The summed E-state index contributed by atoms with van der Waals surface area (Å²) in [6, 6.07) is 26.7. The summed E-state index contributed by atoms with van der Waals surface area (Å²) in [4.78, 5) is 25.8. The molecule has 0 aliphatic rings. The maximum Gasteiger partial charge on any atom is 0.278 e. The van der Waals surface area contributed by atoms with E-state index < -0.39 is 17.6 Å². The Kier molecular flexibility index (Phi) is 8.25. The standard InChI is InChI=1S/C30H28N2O6/c1-20-12-24(33)16-27(34)29(20)30(36)32(31)28(35)15-23-13-25(37-18-21-8-4-2-5-9-21)17-26(14-23)38-19-22-10-6-3-7-11-22/h2-14,16-17,33-34H,15,18-19,31H2,1H3. The topological polar surface area (TPSA) is 122 Å². The normalized spacial score (nSPS) is 10.6. The van der Waals surface area contributed by atoms with Gasteiger partial charge in [0.15, 0.2) is 0 Å². The fraction of sp³-hybridized carbons (Fsp3) is 0.133. The molecule has 0 aliphatic heterocycles. The molecule has 0 aromatic heterocycles. The van der Waals surface area contributed by atoms with Crippen molar-refractivity contribution in [1.82, 2.24) is 5.01 Å². The second kappa shape index (κ2) is 11.9. The second-order valence-corrected chi connectivity index (χ2v) is 8.76. The van der Waals surface area contributed by atoms with Crippen LogP contribution in [0.3, 0.4) is 0 Å². The largest absolute Gasteiger partial charge is 0.508 e. The molecule has 0 spiro atoms. The zero-order valence-corrected chi connectivity index (χ0v) is 20.8. The summed E-state index contributed by atoms with van der Waals surface area (Å²) in [7, 11) is 0. The number of aromatic hydroxyl groups is 2. The Morgan fingerprint density at radius 1 is 0.763 bits per heavy atom. The highest BCUT2D eigenvalue weighted by Gasteiger charge is 2.25. The summed E-state index contributed by atoms with van der Waals surface area (Å²) in [5.74, 6) is 4.58. The maximum atomic E-state index is 13.0. The fourth-order valence-electron chi connectivity index (χ4n) is 3.90. The molecule has 4 N–H and O–H groups in total. The number of imide groups is 1. The van der Waals surface area contributed by atoms with Gasteiger partial charge in [-0.15, -0.1) is 0 Å². The van der Waals surface area contributed by atoms with Crippen molar-refractivity contribution in [2.75, 3.05) is 0 Å². The lowest BCUT2D eigenvalue weighted by molar-refractivity contribution is -0.128. The number of benzene rings is 4. The lowest BCUT2D eigenvalue weighted by atomic mass is 10.1. The van der Waals surface area contributed by atoms with E-state index in [0.717, 1.165) is 17.2 Å². The maximum absolute atomic E-state index is 13.0. The summed E-state index contributed by atoms with van der Waals surface area (Å²) in [6.07, 6.45) is -0.218. The number of phenols is 2. The van der Waals surface area contributed by atoms with Crippen LogP contribution in [-0.4, -0.2) is 27.0 Å². The quantitative estimate of drug-likeness (QED) is 0.170. The molecule has 0 heterocycles. The third-order valence-corrected chi connectivity index (χ3v) is 5.79. The van der Waals surface area contributed by atoms with Gasteiger partial charge in [0.2, 0.25) is 5.91 Å². The molecule has 4 aromatic rings. The van der Waals surface area contributed by atoms with Gasteiger partial charge in [-0.1, -0.05) is 60.7 Å². The van der Waals surface area contributed by atoms with E-state index in [9.17, 15) is 19.8 Å². The minimum absolute atomic E-state index is 0.162. The zero-order valence-electron chi connectivity index (χ0n) is 20.8. The van der Waals surface area contributed by atoms with Gasteiger partial charge in [0.25, 0.3) is 5.91 Å². The molecule has 0 bridgehead atoms. The Morgan fingerprint density at radius 2 is 1.29 bits per heavy atom. The highest BCUT2D eigenvalue weighted by Crippen LogP contribution is 2.28. The molecular weight excluding hydrogens is 484 g/mol. The Morgan fingerprint density at radius 3 is 1.79 bits per heavy atom. The number of carbonyl (C=O) groups is 2. The predicted octanol–water partition coefficient (Wildman–Crippen LogP) is 4.65. The number of nitrogens with two attached hydrogens (primary N) is 1. The molecule has 0 fully saturated rings. The first-order valence-corrected chi connectivity index (χ1v) is 11.9. The van der Waals surface area contributed by atoms with Crippen LogP contribution >= 0.6 is 0 Å². The van der Waals surface area contributed by atoms with Crippen LogP contribution in [-0.2, 0) is 24.4 Å². The predicted molar refractivity (Wildman–Crippen MR) is 142 cm³/mol. The van der Waals surface area contributed by atoms with Crippen molar-refractivity contribution in [2.24, 2.45) is 5.84 Å². The molecule has 0 radical (unpaired) electrons. The number of ether oxygens (including phenoxy) is 2. The molecule has 0 atom stereocenters. The molecule has 194 valence electrons. The number of amides is 2. The summed E-state index contributed by atoms with van der Waals surface area (Å²) in [6.45, 7) is 2.16. The Labute approximate surface area is 220 Å². The van der Waals surface area contributed by atoms with Gasteiger partial charge < -0.3 is 19.7 Å². The van der Waals surface area contributed by atoms with E-state index in [0.29, 0.717) is 35.3 Å². The van der Waals surface area contributed by atoms with E-state index in [1.54, 1.807) is 18.2 Å². The van der Waals surface area contributed by atoms with E-state index in [1.165, 1.54) is 13.0 Å². The van der Waals surface area contributed by atoms with Crippen LogP contribution in [0.15, 0.2) is 91.0 Å². The number of nitrogens with zero attached hydrogens (tertiary/aromatic N) is 1. The minimum Gasteiger partial charge on any atom is -0.508 e. The van der Waals surface area contributed by atoms with E-state index in [1.807, 2.05) is 60.7 Å². The van der Waals surface area contributed by atoms with Crippen molar-refractivity contribution in [3.8, 4) is 23.0 Å². The van der Waals surface area contributed by atoms with E-state index >= 15 is 0 Å². The van der Waals surface area contributed by atoms with Crippen LogP contribution in [0.2, 0.25) is 0 Å². The Hall–Kier alpha value is -4.82. The molecule has 4 rings (SSSR count). The Balaban J connectivity index is 1.53. The average Bonchev–Trinajstić information content (AvgIpc) is 2.91. The van der Waals surface area contributed by atoms with Crippen LogP contribution in [0.5, 0.6) is 23.0 Å². The summed E-state index contributed by atoms with van der Waals surface area (Å²) >= 11 is 0. The number of hydrazine groups is 1. The van der Waals surface area contributed by atoms with Crippen LogP contribution in [0.1, 0.15) is 32.6 Å². The fourth-order valence-corrected chi connectivity index (χ4v) is 3.90. The molecule has 0 saturated carbocycles. The van der Waals surface area contributed by atoms with Gasteiger partial charge >= 0.3 is 0 Å². The lowest BCUT2D eigenvalue weighted by Gasteiger charge is -2.18. The Bertz CT molecular complexity index is 1340.